The minimum Gasteiger partial charge on any atom is -0.508 e. The molecule has 0 fully saturated rings. The van der Waals surface area contributed by atoms with Crippen molar-refractivity contribution >= 4 is 11.4 Å². The van der Waals surface area contributed by atoms with Crippen LogP contribution in [0.15, 0.2) is 18.2 Å². The third-order valence-electron chi connectivity index (χ3n) is 2.02. The number of rotatable bonds is 5. The Balaban J connectivity index is 2.81. The number of aromatic hydroxyl groups is 1. The molecule has 0 heterocycles. The summed E-state index contributed by atoms with van der Waals surface area (Å²) in [5.41, 5.74) is 0.359. The van der Waals surface area contributed by atoms with Crippen molar-refractivity contribution in [2.24, 2.45) is 0 Å². The van der Waals surface area contributed by atoms with Gasteiger partial charge in [0.15, 0.2) is 0 Å². The van der Waals surface area contributed by atoms with E-state index in [1.807, 2.05) is 6.92 Å². The maximum atomic E-state index is 10.7. The number of unbranched alkanes of at least 4 members (excludes halogenated alkanes) is 1. The highest BCUT2D eigenvalue weighted by molar-refractivity contribution is 5.63. The van der Waals surface area contributed by atoms with Gasteiger partial charge in [0.2, 0.25) is 0 Å². The predicted molar refractivity (Wildman–Crippen MR) is 58.2 cm³/mol. The summed E-state index contributed by atoms with van der Waals surface area (Å²) in [5, 5.41) is 22.8. The molecule has 0 aliphatic rings. The summed E-state index contributed by atoms with van der Waals surface area (Å²) in [4.78, 5) is 10.2. The first-order valence-corrected chi connectivity index (χ1v) is 4.86. The van der Waals surface area contributed by atoms with Crippen molar-refractivity contribution in [3.63, 3.8) is 0 Å². The second-order valence-electron chi connectivity index (χ2n) is 3.24. The fourth-order valence-electron chi connectivity index (χ4n) is 1.22. The summed E-state index contributed by atoms with van der Waals surface area (Å²) in [6.45, 7) is 2.75. The van der Waals surface area contributed by atoms with Gasteiger partial charge in [-0.3, -0.25) is 10.1 Å². The number of nitro groups is 1. The van der Waals surface area contributed by atoms with Crippen molar-refractivity contribution < 1.29 is 10.0 Å². The first-order valence-electron chi connectivity index (χ1n) is 4.86. The van der Waals surface area contributed by atoms with Crippen LogP contribution in [0.3, 0.4) is 0 Å². The number of hydrogen-bond acceptors (Lipinski definition) is 4. The van der Waals surface area contributed by atoms with Gasteiger partial charge in [-0.25, -0.2) is 0 Å². The van der Waals surface area contributed by atoms with Gasteiger partial charge in [-0.05, 0) is 18.6 Å². The van der Waals surface area contributed by atoms with Gasteiger partial charge < -0.3 is 10.4 Å². The lowest BCUT2D eigenvalue weighted by Crippen LogP contribution is -2.03. The van der Waals surface area contributed by atoms with Crippen LogP contribution < -0.4 is 5.32 Å². The van der Waals surface area contributed by atoms with E-state index in [1.165, 1.54) is 12.1 Å². The average molecular weight is 210 g/mol. The zero-order chi connectivity index (χ0) is 11.3. The van der Waals surface area contributed by atoms with Crippen LogP contribution in [0.5, 0.6) is 5.75 Å². The van der Waals surface area contributed by atoms with Crippen LogP contribution in [0.4, 0.5) is 11.4 Å². The standard InChI is InChI=1S/C10H14N2O3/c1-2-3-6-11-9-5-4-8(13)7-10(9)12(14)15/h4-5,7,11,13H,2-3,6H2,1H3. The summed E-state index contributed by atoms with van der Waals surface area (Å²) in [6, 6.07) is 4.10. The Bertz CT molecular complexity index is 353. The zero-order valence-electron chi connectivity index (χ0n) is 8.56. The molecule has 82 valence electrons. The average Bonchev–Trinajstić information content (AvgIpc) is 2.20. The molecule has 2 N–H and O–H groups in total. The van der Waals surface area contributed by atoms with Gasteiger partial charge in [0, 0.05) is 6.54 Å². The second kappa shape index (κ2) is 5.19. The molecule has 0 amide bonds. The summed E-state index contributed by atoms with van der Waals surface area (Å²) in [5.74, 6) is -0.0947. The summed E-state index contributed by atoms with van der Waals surface area (Å²) >= 11 is 0. The van der Waals surface area contributed by atoms with E-state index in [-0.39, 0.29) is 11.4 Å². The van der Waals surface area contributed by atoms with E-state index in [4.69, 9.17) is 5.11 Å². The molecule has 15 heavy (non-hydrogen) atoms. The van der Waals surface area contributed by atoms with Crippen molar-refractivity contribution in [2.75, 3.05) is 11.9 Å². The number of nitrogens with zero attached hydrogens (tertiary/aromatic N) is 1. The molecule has 0 aliphatic heterocycles. The lowest BCUT2D eigenvalue weighted by Gasteiger charge is -2.06. The van der Waals surface area contributed by atoms with Gasteiger partial charge in [0.05, 0.1) is 11.0 Å². The van der Waals surface area contributed by atoms with Crippen molar-refractivity contribution in [1.29, 1.82) is 0 Å². The Hall–Kier alpha value is -1.78. The zero-order valence-corrected chi connectivity index (χ0v) is 8.56. The second-order valence-corrected chi connectivity index (χ2v) is 3.24. The highest BCUT2D eigenvalue weighted by Crippen LogP contribution is 2.28. The van der Waals surface area contributed by atoms with Crippen LogP contribution in [0.25, 0.3) is 0 Å². The lowest BCUT2D eigenvalue weighted by molar-refractivity contribution is -0.384. The fourth-order valence-corrected chi connectivity index (χ4v) is 1.22. The third-order valence-corrected chi connectivity index (χ3v) is 2.02. The van der Waals surface area contributed by atoms with E-state index in [1.54, 1.807) is 0 Å². The molecule has 0 aromatic heterocycles. The van der Waals surface area contributed by atoms with Crippen LogP contribution >= 0.6 is 0 Å². The van der Waals surface area contributed by atoms with Gasteiger partial charge in [-0.2, -0.15) is 0 Å². The molecule has 0 atom stereocenters. The van der Waals surface area contributed by atoms with Gasteiger partial charge in [0.25, 0.3) is 5.69 Å². The molecule has 1 rings (SSSR count). The van der Waals surface area contributed by atoms with E-state index in [2.05, 4.69) is 5.32 Å². The Morgan fingerprint density at radius 2 is 2.27 bits per heavy atom. The molecule has 1 aromatic carbocycles. The van der Waals surface area contributed by atoms with E-state index >= 15 is 0 Å². The van der Waals surface area contributed by atoms with Crippen LogP contribution in [0.1, 0.15) is 19.8 Å². The van der Waals surface area contributed by atoms with Gasteiger partial charge in [0.1, 0.15) is 11.4 Å². The topological polar surface area (TPSA) is 75.4 Å². The number of anilines is 1. The van der Waals surface area contributed by atoms with Gasteiger partial charge in [-0.15, -0.1) is 0 Å². The number of phenolic OH excluding ortho intramolecular Hbond substituents is 1. The third kappa shape index (κ3) is 3.12. The van der Waals surface area contributed by atoms with Crippen molar-refractivity contribution in [2.45, 2.75) is 19.8 Å². The van der Waals surface area contributed by atoms with Crippen LogP contribution in [0.2, 0.25) is 0 Å². The van der Waals surface area contributed by atoms with Gasteiger partial charge in [-0.1, -0.05) is 13.3 Å². The van der Waals surface area contributed by atoms with Crippen molar-refractivity contribution in [1.82, 2.24) is 0 Å². The number of nitrogens with one attached hydrogen (secondary N) is 1. The molecule has 0 saturated heterocycles. The minimum absolute atomic E-state index is 0.0916. The molecule has 0 unspecified atom stereocenters. The van der Waals surface area contributed by atoms with E-state index in [9.17, 15) is 10.1 Å². The van der Waals surface area contributed by atoms with Gasteiger partial charge >= 0.3 is 0 Å². The van der Waals surface area contributed by atoms with Crippen LogP contribution in [-0.4, -0.2) is 16.6 Å². The largest absolute Gasteiger partial charge is 0.508 e. The molecular formula is C10H14N2O3. The molecule has 1 aromatic rings. The Morgan fingerprint density at radius 1 is 1.53 bits per heavy atom. The van der Waals surface area contributed by atoms with Crippen LogP contribution in [0, 0.1) is 10.1 Å². The molecule has 0 aliphatic carbocycles. The summed E-state index contributed by atoms with van der Waals surface area (Å²) in [6.07, 6.45) is 1.98. The molecule has 0 bridgehead atoms. The highest BCUT2D eigenvalue weighted by atomic mass is 16.6. The molecular weight excluding hydrogens is 196 g/mol. The molecule has 0 spiro atoms. The Morgan fingerprint density at radius 3 is 2.87 bits per heavy atom. The molecule has 0 radical (unpaired) electrons. The number of phenols is 1. The quantitative estimate of drug-likeness (QED) is 0.339. The maximum absolute atomic E-state index is 10.7. The summed E-state index contributed by atoms with van der Waals surface area (Å²) < 4.78 is 0. The molecule has 5 nitrogen and oxygen atoms in total. The Labute approximate surface area is 87.9 Å². The number of benzene rings is 1. The highest BCUT2D eigenvalue weighted by Gasteiger charge is 2.13. The minimum atomic E-state index is -0.506. The van der Waals surface area contributed by atoms with Crippen LogP contribution in [-0.2, 0) is 0 Å². The predicted octanol–water partition coefficient (Wildman–Crippen LogP) is 2.51. The van der Waals surface area contributed by atoms with Crippen molar-refractivity contribution in [3.05, 3.63) is 28.3 Å². The number of hydrogen-bond donors (Lipinski definition) is 2. The van der Waals surface area contributed by atoms with Crippen molar-refractivity contribution in [3.8, 4) is 5.75 Å². The van der Waals surface area contributed by atoms with E-state index < -0.39 is 4.92 Å². The monoisotopic (exact) mass is 210 g/mol. The fraction of sp³-hybridized carbons (Fsp3) is 0.400. The SMILES string of the molecule is CCCCNc1ccc(O)cc1[N+](=O)[O-]. The van der Waals surface area contributed by atoms with E-state index in [0.29, 0.717) is 12.2 Å². The lowest BCUT2D eigenvalue weighted by atomic mass is 10.2. The van der Waals surface area contributed by atoms with E-state index in [0.717, 1.165) is 18.9 Å². The summed E-state index contributed by atoms with van der Waals surface area (Å²) in [7, 11) is 0. The molecule has 0 saturated carbocycles. The smallest absolute Gasteiger partial charge is 0.296 e. The number of nitro benzene ring substituents is 1. The first-order chi connectivity index (χ1) is 7.15. The normalized spacial score (nSPS) is 9.93. The first kappa shape index (κ1) is 11.3. The molecule has 5 heteroatoms. The maximum Gasteiger partial charge on any atom is 0.296 e. The Kier molecular flexibility index (Phi) is 3.91.